The van der Waals surface area contributed by atoms with E-state index >= 15 is 0 Å². The molecule has 0 saturated carbocycles. The minimum atomic E-state index is -0.983. The Morgan fingerprint density at radius 2 is 1.61 bits per heavy atom. The Morgan fingerprint density at radius 3 is 2.21 bits per heavy atom. The van der Waals surface area contributed by atoms with Gasteiger partial charge in [0.25, 0.3) is 0 Å². The van der Waals surface area contributed by atoms with Crippen molar-refractivity contribution >= 4 is 23.6 Å². The minimum absolute atomic E-state index is 0.00950. The number of piperidine rings is 1. The molecule has 146 valence electrons. The molecule has 7 nitrogen and oxygen atoms in total. The molecule has 1 aliphatic heterocycles. The van der Waals surface area contributed by atoms with Crippen LogP contribution in [0.5, 0.6) is 0 Å². The first-order valence-corrected chi connectivity index (χ1v) is 9.24. The summed E-state index contributed by atoms with van der Waals surface area (Å²) in [5.74, 6) is -0.973. The van der Waals surface area contributed by atoms with Gasteiger partial charge in [-0.25, -0.2) is 9.59 Å². The van der Waals surface area contributed by atoms with Crippen molar-refractivity contribution in [3.63, 3.8) is 0 Å². The van der Waals surface area contributed by atoms with Gasteiger partial charge in [-0.3, -0.25) is 4.79 Å². The van der Waals surface area contributed by atoms with Gasteiger partial charge in [0, 0.05) is 24.8 Å². The molecule has 0 radical (unpaired) electrons. The Bertz CT molecular complexity index is 828. The molecule has 0 aliphatic carbocycles. The molecular formula is C21H23N3O4. The van der Waals surface area contributed by atoms with E-state index in [0.717, 1.165) is 11.3 Å². The SMILES string of the molecule is O=C(Nc1ccccc1)NC1CCN(C(=O)Cc2ccc(C(=O)O)cc2)CC1. The van der Waals surface area contributed by atoms with Crippen molar-refractivity contribution in [3.05, 3.63) is 65.7 Å². The number of rotatable bonds is 5. The summed E-state index contributed by atoms with van der Waals surface area (Å²) in [4.78, 5) is 37.2. The quantitative estimate of drug-likeness (QED) is 0.742. The molecule has 3 N–H and O–H groups in total. The van der Waals surface area contributed by atoms with E-state index in [1.54, 1.807) is 17.0 Å². The first-order chi connectivity index (χ1) is 13.5. The average molecular weight is 381 g/mol. The summed E-state index contributed by atoms with van der Waals surface area (Å²) < 4.78 is 0. The molecule has 0 unspecified atom stereocenters. The van der Waals surface area contributed by atoms with E-state index in [1.807, 2.05) is 30.3 Å². The zero-order valence-electron chi connectivity index (χ0n) is 15.4. The summed E-state index contributed by atoms with van der Waals surface area (Å²) >= 11 is 0. The fourth-order valence-corrected chi connectivity index (χ4v) is 3.20. The summed E-state index contributed by atoms with van der Waals surface area (Å²) in [7, 11) is 0. The smallest absolute Gasteiger partial charge is 0.335 e. The number of carboxylic acid groups (broad SMARTS) is 1. The molecule has 2 aromatic carbocycles. The standard InChI is InChI=1S/C21H23N3O4/c25-19(14-15-6-8-16(9-7-15)20(26)27)24-12-10-18(11-13-24)23-21(28)22-17-4-2-1-3-5-17/h1-9,18H,10-14H2,(H,26,27)(H2,22,23,28). The average Bonchev–Trinajstić information content (AvgIpc) is 2.69. The van der Waals surface area contributed by atoms with Gasteiger partial charge in [-0.1, -0.05) is 30.3 Å². The van der Waals surface area contributed by atoms with E-state index in [1.165, 1.54) is 12.1 Å². The number of carbonyl (C=O) groups excluding carboxylic acids is 2. The Balaban J connectivity index is 1.43. The van der Waals surface area contributed by atoms with Gasteiger partial charge >= 0.3 is 12.0 Å². The van der Waals surface area contributed by atoms with Crippen LogP contribution in [0.15, 0.2) is 54.6 Å². The zero-order chi connectivity index (χ0) is 19.9. The number of carboxylic acids is 1. The summed E-state index contributed by atoms with van der Waals surface area (Å²) in [6, 6.07) is 15.4. The summed E-state index contributed by atoms with van der Waals surface area (Å²) in [5.41, 5.74) is 1.73. The van der Waals surface area contributed by atoms with Gasteiger partial charge in [-0.2, -0.15) is 0 Å². The molecule has 1 fully saturated rings. The van der Waals surface area contributed by atoms with Crippen LogP contribution in [0.3, 0.4) is 0 Å². The second-order valence-electron chi connectivity index (χ2n) is 6.80. The number of likely N-dealkylation sites (tertiary alicyclic amines) is 1. The van der Waals surface area contributed by atoms with Gasteiger partial charge in [0.1, 0.15) is 0 Å². The lowest BCUT2D eigenvalue weighted by atomic mass is 10.0. The van der Waals surface area contributed by atoms with Gasteiger partial charge in [0.05, 0.1) is 12.0 Å². The predicted molar refractivity (Wildman–Crippen MR) is 105 cm³/mol. The Morgan fingerprint density at radius 1 is 0.964 bits per heavy atom. The number of anilines is 1. The number of nitrogens with one attached hydrogen (secondary N) is 2. The van der Waals surface area contributed by atoms with E-state index in [4.69, 9.17) is 5.11 Å². The van der Waals surface area contributed by atoms with Crippen molar-refractivity contribution in [2.45, 2.75) is 25.3 Å². The van der Waals surface area contributed by atoms with Crippen LogP contribution >= 0.6 is 0 Å². The van der Waals surface area contributed by atoms with E-state index in [2.05, 4.69) is 10.6 Å². The van der Waals surface area contributed by atoms with Crippen molar-refractivity contribution < 1.29 is 19.5 Å². The Hall–Kier alpha value is -3.35. The number of hydrogen-bond acceptors (Lipinski definition) is 3. The highest BCUT2D eigenvalue weighted by molar-refractivity contribution is 5.89. The molecule has 1 aliphatic rings. The third-order valence-electron chi connectivity index (χ3n) is 4.77. The highest BCUT2D eigenvalue weighted by Crippen LogP contribution is 2.14. The first-order valence-electron chi connectivity index (χ1n) is 9.24. The maximum atomic E-state index is 12.5. The van der Waals surface area contributed by atoms with E-state index in [0.29, 0.717) is 25.9 Å². The number of nitrogens with zero attached hydrogens (tertiary/aromatic N) is 1. The first kappa shape index (κ1) is 19.4. The number of urea groups is 1. The van der Waals surface area contributed by atoms with Crippen LogP contribution in [0, 0.1) is 0 Å². The van der Waals surface area contributed by atoms with Gasteiger partial charge < -0.3 is 20.6 Å². The van der Waals surface area contributed by atoms with Gasteiger partial charge in [-0.05, 0) is 42.7 Å². The zero-order valence-corrected chi connectivity index (χ0v) is 15.4. The van der Waals surface area contributed by atoms with Crippen LogP contribution in [0.25, 0.3) is 0 Å². The molecule has 0 aromatic heterocycles. The van der Waals surface area contributed by atoms with Gasteiger partial charge in [0.15, 0.2) is 0 Å². The van der Waals surface area contributed by atoms with E-state index < -0.39 is 5.97 Å². The molecule has 1 saturated heterocycles. The van der Waals surface area contributed by atoms with Crippen LogP contribution in [-0.2, 0) is 11.2 Å². The van der Waals surface area contributed by atoms with Crippen LogP contribution in [0.1, 0.15) is 28.8 Å². The molecule has 2 aromatic rings. The highest BCUT2D eigenvalue weighted by atomic mass is 16.4. The monoisotopic (exact) mass is 381 g/mol. The van der Waals surface area contributed by atoms with Crippen molar-refractivity contribution in [1.29, 1.82) is 0 Å². The number of hydrogen-bond donors (Lipinski definition) is 3. The number of aromatic carboxylic acids is 1. The second kappa shape index (κ2) is 9.03. The Labute approximate surface area is 163 Å². The van der Waals surface area contributed by atoms with Gasteiger partial charge in [0.2, 0.25) is 5.91 Å². The van der Waals surface area contributed by atoms with Crippen LogP contribution in [-0.4, -0.2) is 47.0 Å². The fraction of sp³-hybridized carbons (Fsp3) is 0.286. The normalized spacial score (nSPS) is 14.4. The van der Waals surface area contributed by atoms with Crippen molar-refractivity contribution in [3.8, 4) is 0 Å². The molecular weight excluding hydrogens is 358 g/mol. The molecule has 3 rings (SSSR count). The predicted octanol–water partition coefficient (Wildman–Crippen LogP) is 2.74. The third kappa shape index (κ3) is 5.33. The molecule has 0 bridgehead atoms. The largest absolute Gasteiger partial charge is 0.478 e. The van der Waals surface area contributed by atoms with Crippen molar-refractivity contribution in [1.82, 2.24) is 10.2 Å². The van der Waals surface area contributed by atoms with Crippen molar-refractivity contribution in [2.75, 3.05) is 18.4 Å². The summed E-state index contributed by atoms with van der Waals surface area (Å²) in [6.07, 6.45) is 1.64. The summed E-state index contributed by atoms with van der Waals surface area (Å²) in [5, 5.41) is 14.7. The lowest BCUT2D eigenvalue weighted by Gasteiger charge is -2.32. The number of carbonyl (C=O) groups is 3. The molecule has 0 atom stereocenters. The molecule has 7 heteroatoms. The fourth-order valence-electron chi connectivity index (χ4n) is 3.20. The van der Waals surface area contributed by atoms with Crippen molar-refractivity contribution in [2.24, 2.45) is 0 Å². The number of benzene rings is 2. The molecule has 28 heavy (non-hydrogen) atoms. The third-order valence-corrected chi connectivity index (χ3v) is 4.77. The number of amides is 3. The van der Waals surface area contributed by atoms with Crippen LogP contribution < -0.4 is 10.6 Å². The number of para-hydroxylation sites is 1. The highest BCUT2D eigenvalue weighted by Gasteiger charge is 2.24. The molecule has 3 amide bonds. The topological polar surface area (TPSA) is 98.7 Å². The van der Waals surface area contributed by atoms with Crippen LogP contribution in [0.4, 0.5) is 10.5 Å². The maximum Gasteiger partial charge on any atom is 0.335 e. The van der Waals surface area contributed by atoms with Gasteiger partial charge in [-0.15, -0.1) is 0 Å². The minimum Gasteiger partial charge on any atom is -0.478 e. The lowest BCUT2D eigenvalue weighted by Crippen LogP contribution is -2.47. The van der Waals surface area contributed by atoms with E-state index in [-0.39, 0.29) is 30.0 Å². The lowest BCUT2D eigenvalue weighted by molar-refractivity contribution is -0.131. The molecule has 0 spiro atoms. The second-order valence-corrected chi connectivity index (χ2v) is 6.80. The maximum absolute atomic E-state index is 12.5. The molecule has 1 heterocycles. The van der Waals surface area contributed by atoms with E-state index in [9.17, 15) is 14.4 Å². The van der Waals surface area contributed by atoms with Crippen LogP contribution in [0.2, 0.25) is 0 Å². The summed E-state index contributed by atoms with van der Waals surface area (Å²) in [6.45, 7) is 1.17. The Kier molecular flexibility index (Phi) is 6.26.